The molecule has 136 valence electrons. The van der Waals surface area contributed by atoms with Crippen LogP contribution in [0.5, 0.6) is 0 Å². The van der Waals surface area contributed by atoms with Gasteiger partial charge in [0, 0.05) is 13.0 Å². The fraction of sp³-hybridized carbons (Fsp3) is 0.882. The van der Waals surface area contributed by atoms with Crippen LogP contribution < -0.4 is 10.6 Å². The van der Waals surface area contributed by atoms with Crippen LogP contribution in [0.25, 0.3) is 0 Å². The van der Waals surface area contributed by atoms with Crippen molar-refractivity contribution in [1.82, 2.24) is 10.6 Å². The standard InChI is InChI=1S/C17H27FN2O4/c1-9(2)4-3-5-23-14-8-13-10(7-12(14)18)6-11-15(21)19-17(22)20-16(11)24-13/h9-14,16H,3-8H2,1-2H3,(H2,19,20,21,22). The third kappa shape index (κ3) is 3.88. The summed E-state index contributed by atoms with van der Waals surface area (Å²) in [6.07, 6.45) is 1.12. The summed E-state index contributed by atoms with van der Waals surface area (Å²) in [5, 5.41) is 4.89. The predicted molar refractivity (Wildman–Crippen MR) is 84.9 cm³/mol. The summed E-state index contributed by atoms with van der Waals surface area (Å²) in [7, 11) is 0. The van der Waals surface area contributed by atoms with Crippen molar-refractivity contribution in [3.05, 3.63) is 0 Å². The van der Waals surface area contributed by atoms with Crippen LogP contribution in [0.3, 0.4) is 0 Å². The van der Waals surface area contributed by atoms with Crippen molar-refractivity contribution in [2.45, 2.75) is 70.6 Å². The van der Waals surface area contributed by atoms with Crippen LogP contribution in [-0.2, 0) is 14.3 Å². The van der Waals surface area contributed by atoms with E-state index in [-0.39, 0.29) is 17.9 Å². The molecule has 2 N–H and O–H groups in total. The Morgan fingerprint density at radius 2 is 2.08 bits per heavy atom. The van der Waals surface area contributed by atoms with E-state index in [9.17, 15) is 14.0 Å². The summed E-state index contributed by atoms with van der Waals surface area (Å²) in [5.74, 6) is -0.146. The molecule has 0 aromatic heterocycles. The molecule has 3 amide bonds. The van der Waals surface area contributed by atoms with Crippen LogP contribution >= 0.6 is 0 Å². The third-order valence-corrected chi connectivity index (χ3v) is 5.27. The fourth-order valence-electron chi connectivity index (χ4n) is 3.96. The predicted octanol–water partition coefficient (Wildman–Crippen LogP) is 2.13. The molecule has 3 rings (SSSR count). The molecule has 2 aliphatic heterocycles. The van der Waals surface area contributed by atoms with E-state index < -0.39 is 30.5 Å². The lowest BCUT2D eigenvalue weighted by Gasteiger charge is -2.47. The van der Waals surface area contributed by atoms with Crippen molar-refractivity contribution in [2.24, 2.45) is 17.8 Å². The van der Waals surface area contributed by atoms with Gasteiger partial charge in [-0.15, -0.1) is 0 Å². The monoisotopic (exact) mass is 342 g/mol. The summed E-state index contributed by atoms with van der Waals surface area (Å²) in [5.41, 5.74) is 0. The average molecular weight is 342 g/mol. The number of nitrogens with one attached hydrogen (secondary N) is 2. The van der Waals surface area contributed by atoms with Crippen molar-refractivity contribution in [3.63, 3.8) is 0 Å². The maximum atomic E-state index is 14.4. The van der Waals surface area contributed by atoms with Gasteiger partial charge in [0.1, 0.15) is 12.4 Å². The zero-order valence-corrected chi connectivity index (χ0v) is 14.3. The third-order valence-electron chi connectivity index (χ3n) is 5.27. The number of imide groups is 1. The molecule has 0 radical (unpaired) electrons. The van der Waals surface area contributed by atoms with Gasteiger partial charge < -0.3 is 14.8 Å². The van der Waals surface area contributed by atoms with Gasteiger partial charge in [-0.1, -0.05) is 13.8 Å². The number of halogens is 1. The summed E-state index contributed by atoms with van der Waals surface area (Å²) in [4.78, 5) is 23.3. The molecule has 1 aliphatic carbocycles. The van der Waals surface area contributed by atoms with E-state index in [0.29, 0.717) is 31.8 Å². The van der Waals surface area contributed by atoms with Gasteiger partial charge in [-0.25, -0.2) is 9.18 Å². The molecule has 3 fully saturated rings. The van der Waals surface area contributed by atoms with Crippen LogP contribution in [0.4, 0.5) is 9.18 Å². The Labute approximate surface area is 141 Å². The molecule has 0 aromatic rings. The van der Waals surface area contributed by atoms with Gasteiger partial charge in [0.15, 0.2) is 0 Å². The quantitative estimate of drug-likeness (QED) is 0.751. The first-order valence-electron chi connectivity index (χ1n) is 8.96. The largest absolute Gasteiger partial charge is 0.375 e. The van der Waals surface area contributed by atoms with E-state index in [2.05, 4.69) is 24.5 Å². The highest BCUT2D eigenvalue weighted by molar-refractivity contribution is 5.98. The maximum absolute atomic E-state index is 14.4. The van der Waals surface area contributed by atoms with E-state index in [0.717, 1.165) is 12.8 Å². The van der Waals surface area contributed by atoms with Gasteiger partial charge in [0.05, 0.1) is 18.1 Å². The zero-order chi connectivity index (χ0) is 17.3. The average Bonchev–Trinajstić information content (AvgIpc) is 2.50. The number of hydrogen-bond donors (Lipinski definition) is 2. The molecule has 0 aromatic carbocycles. The molecule has 0 bridgehead atoms. The lowest BCUT2D eigenvalue weighted by atomic mass is 9.75. The second-order valence-corrected chi connectivity index (χ2v) is 7.59. The van der Waals surface area contributed by atoms with Gasteiger partial charge in [0.25, 0.3) is 0 Å². The molecule has 6 nitrogen and oxygen atoms in total. The molecule has 7 heteroatoms. The SMILES string of the molecule is CC(C)CCCOC1CC2OC3NC(=O)NC(=O)C3CC2CC1F. The Balaban J connectivity index is 1.54. The normalized spacial score (nSPS) is 39.0. The van der Waals surface area contributed by atoms with Crippen molar-refractivity contribution in [2.75, 3.05) is 6.61 Å². The van der Waals surface area contributed by atoms with Crippen molar-refractivity contribution < 1.29 is 23.5 Å². The Hall–Kier alpha value is -1.21. The lowest BCUT2D eigenvalue weighted by Crippen LogP contribution is -2.64. The van der Waals surface area contributed by atoms with E-state index in [4.69, 9.17) is 9.47 Å². The fourth-order valence-corrected chi connectivity index (χ4v) is 3.96. The number of hydrogen-bond acceptors (Lipinski definition) is 4. The Morgan fingerprint density at radius 1 is 1.29 bits per heavy atom. The molecule has 6 unspecified atom stereocenters. The highest BCUT2D eigenvalue weighted by atomic mass is 19.1. The zero-order valence-electron chi connectivity index (χ0n) is 14.3. The van der Waals surface area contributed by atoms with Crippen LogP contribution in [0.2, 0.25) is 0 Å². The minimum Gasteiger partial charge on any atom is -0.375 e. The summed E-state index contributed by atoms with van der Waals surface area (Å²) in [6, 6.07) is -0.527. The highest BCUT2D eigenvalue weighted by Crippen LogP contribution is 2.40. The van der Waals surface area contributed by atoms with Crippen LogP contribution in [0.1, 0.15) is 46.0 Å². The number of carbonyl (C=O) groups is 2. The molecular formula is C17H27FN2O4. The van der Waals surface area contributed by atoms with Crippen molar-refractivity contribution in [3.8, 4) is 0 Å². The Bertz CT molecular complexity index is 487. The van der Waals surface area contributed by atoms with Gasteiger partial charge in [-0.3, -0.25) is 10.1 Å². The first kappa shape index (κ1) is 17.6. The Morgan fingerprint density at radius 3 is 2.83 bits per heavy atom. The Kier molecular flexibility index (Phi) is 5.39. The molecular weight excluding hydrogens is 315 g/mol. The van der Waals surface area contributed by atoms with Crippen molar-refractivity contribution >= 4 is 11.9 Å². The van der Waals surface area contributed by atoms with E-state index in [1.807, 2.05) is 0 Å². The van der Waals surface area contributed by atoms with E-state index >= 15 is 0 Å². The minimum absolute atomic E-state index is 0.00230. The van der Waals surface area contributed by atoms with E-state index in [1.54, 1.807) is 0 Å². The minimum atomic E-state index is -1.02. The number of fused-ring (bicyclic) bond motifs is 2. The molecule has 6 atom stereocenters. The number of ether oxygens (including phenoxy) is 2. The number of alkyl halides is 1. The van der Waals surface area contributed by atoms with Crippen molar-refractivity contribution in [1.29, 1.82) is 0 Å². The molecule has 3 aliphatic rings. The second-order valence-electron chi connectivity index (χ2n) is 7.59. The lowest BCUT2D eigenvalue weighted by molar-refractivity contribution is -0.182. The van der Waals surface area contributed by atoms with E-state index in [1.165, 1.54) is 0 Å². The molecule has 0 spiro atoms. The summed E-state index contributed by atoms with van der Waals surface area (Å²) < 4.78 is 26.1. The van der Waals surface area contributed by atoms with Crippen LogP contribution in [0, 0.1) is 17.8 Å². The van der Waals surface area contributed by atoms with Crippen LogP contribution in [-0.4, -0.2) is 43.2 Å². The maximum Gasteiger partial charge on any atom is 0.323 e. The molecule has 2 saturated heterocycles. The van der Waals surface area contributed by atoms with Gasteiger partial charge in [-0.05, 0) is 37.5 Å². The summed E-state index contributed by atoms with van der Waals surface area (Å²) >= 11 is 0. The number of rotatable bonds is 5. The first-order valence-corrected chi connectivity index (χ1v) is 8.96. The number of urea groups is 1. The molecule has 24 heavy (non-hydrogen) atoms. The second kappa shape index (κ2) is 7.35. The topological polar surface area (TPSA) is 76.7 Å². The van der Waals surface area contributed by atoms with Crippen LogP contribution in [0.15, 0.2) is 0 Å². The van der Waals surface area contributed by atoms with Gasteiger partial charge in [0.2, 0.25) is 5.91 Å². The summed E-state index contributed by atoms with van der Waals surface area (Å²) in [6.45, 7) is 4.87. The highest BCUT2D eigenvalue weighted by Gasteiger charge is 2.49. The number of carbonyl (C=O) groups excluding carboxylic acids is 2. The first-order chi connectivity index (χ1) is 11.4. The number of amides is 3. The molecule has 1 saturated carbocycles. The van der Waals surface area contributed by atoms with Gasteiger partial charge >= 0.3 is 6.03 Å². The van der Waals surface area contributed by atoms with Gasteiger partial charge in [-0.2, -0.15) is 0 Å². The molecule has 2 heterocycles. The smallest absolute Gasteiger partial charge is 0.323 e.